The number of aryl methyl sites for hydroxylation is 2. The molecule has 1 N–H and O–H groups in total. The Balaban J connectivity index is 1.86. The predicted octanol–water partition coefficient (Wildman–Crippen LogP) is 0.561. The Kier molecular flexibility index (Phi) is 3.77. The Hall–Kier alpha value is -0.880. The molecule has 2 heterocycles. The van der Waals surface area contributed by atoms with Crippen LogP contribution in [0.25, 0.3) is 0 Å². The van der Waals surface area contributed by atoms with Gasteiger partial charge in [0.2, 0.25) is 0 Å². The van der Waals surface area contributed by atoms with Gasteiger partial charge in [0.25, 0.3) is 0 Å². The van der Waals surface area contributed by atoms with E-state index in [9.17, 15) is 8.42 Å². The van der Waals surface area contributed by atoms with E-state index in [4.69, 9.17) is 0 Å². The summed E-state index contributed by atoms with van der Waals surface area (Å²) < 4.78 is 24.6. The average molecular weight is 271 g/mol. The second kappa shape index (κ2) is 5.01. The molecule has 0 radical (unpaired) electrons. The quantitative estimate of drug-likeness (QED) is 0.869. The summed E-state index contributed by atoms with van der Waals surface area (Å²) in [6.07, 6.45) is 0.792. The van der Waals surface area contributed by atoms with Crippen LogP contribution in [0.1, 0.15) is 23.4 Å². The van der Waals surface area contributed by atoms with Crippen molar-refractivity contribution in [2.24, 2.45) is 13.0 Å². The van der Waals surface area contributed by atoms with Crippen LogP contribution in [0.4, 0.5) is 0 Å². The first-order valence-electron chi connectivity index (χ1n) is 6.29. The highest BCUT2D eigenvalue weighted by molar-refractivity contribution is 7.91. The van der Waals surface area contributed by atoms with Crippen LogP contribution in [0.2, 0.25) is 0 Å². The van der Waals surface area contributed by atoms with Gasteiger partial charge >= 0.3 is 0 Å². The average Bonchev–Trinajstić information content (AvgIpc) is 2.73. The molecule has 2 rings (SSSR count). The smallest absolute Gasteiger partial charge is 0.150 e. The summed E-state index contributed by atoms with van der Waals surface area (Å²) in [5.41, 5.74) is 3.43. The van der Waals surface area contributed by atoms with Crippen LogP contribution in [-0.4, -0.2) is 36.2 Å². The molecule has 0 spiro atoms. The first-order valence-corrected chi connectivity index (χ1v) is 8.11. The van der Waals surface area contributed by atoms with Crippen LogP contribution in [0.5, 0.6) is 0 Å². The van der Waals surface area contributed by atoms with E-state index in [2.05, 4.69) is 17.3 Å². The van der Waals surface area contributed by atoms with Crippen LogP contribution < -0.4 is 5.32 Å². The molecule has 1 aliphatic rings. The van der Waals surface area contributed by atoms with E-state index in [1.165, 1.54) is 11.3 Å². The van der Waals surface area contributed by atoms with E-state index < -0.39 is 9.84 Å². The van der Waals surface area contributed by atoms with Gasteiger partial charge in [-0.05, 0) is 32.7 Å². The second-order valence-electron chi connectivity index (χ2n) is 5.17. The molecule has 1 atom stereocenters. The summed E-state index contributed by atoms with van der Waals surface area (Å²) in [4.78, 5) is 0. The molecule has 18 heavy (non-hydrogen) atoms. The van der Waals surface area contributed by atoms with E-state index in [0.29, 0.717) is 11.5 Å². The van der Waals surface area contributed by atoms with Gasteiger partial charge in [-0.1, -0.05) is 0 Å². The van der Waals surface area contributed by atoms with E-state index in [0.717, 1.165) is 25.2 Å². The molecule has 1 saturated heterocycles. The molecule has 6 heteroatoms. The van der Waals surface area contributed by atoms with E-state index >= 15 is 0 Å². The zero-order valence-corrected chi connectivity index (χ0v) is 12.0. The van der Waals surface area contributed by atoms with Crippen molar-refractivity contribution in [2.75, 3.05) is 18.1 Å². The lowest BCUT2D eigenvalue weighted by Crippen LogP contribution is -2.23. The third kappa shape index (κ3) is 2.92. The molecule has 0 bridgehead atoms. The van der Waals surface area contributed by atoms with Gasteiger partial charge in [0.05, 0.1) is 17.2 Å². The van der Waals surface area contributed by atoms with Gasteiger partial charge in [-0.15, -0.1) is 0 Å². The zero-order valence-electron chi connectivity index (χ0n) is 11.2. The van der Waals surface area contributed by atoms with Gasteiger partial charge in [0, 0.05) is 24.8 Å². The van der Waals surface area contributed by atoms with Crippen molar-refractivity contribution in [1.29, 1.82) is 0 Å². The summed E-state index contributed by atoms with van der Waals surface area (Å²) in [5.74, 6) is 0.960. The Morgan fingerprint density at radius 3 is 2.67 bits per heavy atom. The normalized spacial score (nSPS) is 22.5. The number of hydrogen-bond donors (Lipinski definition) is 1. The van der Waals surface area contributed by atoms with Crippen LogP contribution in [0, 0.1) is 19.8 Å². The number of nitrogens with zero attached hydrogens (tertiary/aromatic N) is 2. The van der Waals surface area contributed by atoms with Gasteiger partial charge in [0.15, 0.2) is 9.84 Å². The molecule has 5 nitrogen and oxygen atoms in total. The Morgan fingerprint density at radius 2 is 2.17 bits per heavy atom. The lowest BCUT2D eigenvalue weighted by Gasteiger charge is -2.09. The van der Waals surface area contributed by atoms with Crippen LogP contribution >= 0.6 is 0 Å². The maximum Gasteiger partial charge on any atom is 0.150 e. The highest BCUT2D eigenvalue weighted by Gasteiger charge is 2.27. The zero-order chi connectivity index (χ0) is 13.3. The third-order valence-electron chi connectivity index (χ3n) is 3.72. The predicted molar refractivity (Wildman–Crippen MR) is 71.1 cm³/mol. The molecule has 1 aliphatic heterocycles. The van der Waals surface area contributed by atoms with Crippen molar-refractivity contribution < 1.29 is 8.42 Å². The lowest BCUT2D eigenvalue weighted by atomic mass is 10.1. The number of nitrogens with one attached hydrogen (secondary N) is 1. The van der Waals surface area contributed by atoms with Crippen LogP contribution in [-0.2, 0) is 23.4 Å². The fourth-order valence-electron chi connectivity index (χ4n) is 2.51. The van der Waals surface area contributed by atoms with E-state index in [1.54, 1.807) is 0 Å². The maximum absolute atomic E-state index is 11.3. The largest absolute Gasteiger partial charge is 0.312 e. The van der Waals surface area contributed by atoms with Gasteiger partial charge in [-0.25, -0.2) is 8.42 Å². The van der Waals surface area contributed by atoms with Crippen LogP contribution in [0.3, 0.4) is 0 Å². The molecule has 0 saturated carbocycles. The molecular weight excluding hydrogens is 250 g/mol. The SMILES string of the molecule is Cc1nn(C)c(C)c1CNCC1CCS(=O)(=O)C1. The Morgan fingerprint density at radius 1 is 1.44 bits per heavy atom. The molecule has 0 aliphatic carbocycles. The fourth-order valence-corrected chi connectivity index (χ4v) is 4.37. The van der Waals surface area contributed by atoms with Crippen LogP contribution in [0.15, 0.2) is 0 Å². The lowest BCUT2D eigenvalue weighted by molar-refractivity contribution is 0.519. The number of sulfone groups is 1. The van der Waals surface area contributed by atoms with Crippen molar-refractivity contribution in [2.45, 2.75) is 26.8 Å². The monoisotopic (exact) mass is 271 g/mol. The van der Waals surface area contributed by atoms with Crippen molar-refractivity contribution >= 4 is 9.84 Å². The van der Waals surface area contributed by atoms with Gasteiger partial charge < -0.3 is 5.32 Å². The minimum Gasteiger partial charge on any atom is -0.312 e. The molecule has 1 aromatic rings. The summed E-state index contributed by atoms with van der Waals surface area (Å²) in [7, 11) is -0.819. The minimum absolute atomic E-state index is 0.271. The molecule has 0 amide bonds. The number of aromatic nitrogens is 2. The standard InChI is InChI=1S/C12H21N3O2S/c1-9-12(10(2)15(3)14-9)7-13-6-11-4-5-18(16,17)8-11/h11,13H,4-8H2,1-3H3. The topological polar surface area (TPSA) is 64.0 Å². The number of rotatable bonds is 4. The number of hydrogen-bond acceptors (Lipinski definition) is 4. The summed E-state index contributed by atoms with van der Waals surface area (Å²) >= 11 is 0. The van der Waals surface area contributed by atoms with E-state index in [-0.39, 0.29) is 5.92 Å². The molecule has 102 valence electrons. The Labute approximate surface area is 108 Å². The molecule has 1 aromatic heterocycles. The van der Waals surface area contributed by atoms with Gasteiger partial charge in [0.1, 0.15) is 0 Å². The first kappa shape index (κ1) is 13.5. The van der Waals surface area contributed by atoms with Gasteiger partial charge in [-0.2, -0.15) is 5.10 Å². The molecule has 0 aromatic carbocycles. The first-order chi connectivity index (χ1) is 8.39. The summed E-state index contributed by atoms with van der Waals surface area (Å²) in [5, 5.41) is 7.72. The minimum atomic E-state index is -2.76. The van der Waals surface area contributed by atoms with E-state index in [1.807, 2.05) is 18.7 Å². The highest BCUT2D eigenvalue weighted by Crippen LogP contribution is 2.18. The van der Waals surface area contributed by atoms with Crippen molar-refractivity contribution in [3.63, 3.8) is 0 Å². The van der Waals surface area contributed by atoms with Crippen molar-refractivity contribution in [1.82, 2.24) is 15.1 Å². The third-order valence-corrected chi connectivity index (χ3v) is 5.56. The summed E-state index contributed by atoms with van der Waals surface area (Å²) in [6, 6.07) is 0. The second-order valence-corrected chi connectivity index (χ2v) is 7.40. The Bertz CT molecular complexity index is 534. The van der Waals surface area contributed by atoms with Crippen molar-refractivity contribution in [3.05, 3.63) is 17.0 Å². The summed E-state index contributed by atoms with van der Waals surface area (Å²) in [6.45, 7) is 5.59. The fraction of sp³-hybridized carbons (Fsp3) is 0.750. The highest BCUT2D eigenvalue weighted by atomic mass is 32.2. The molecule has 1 unspecified atom stereocenters. The molecular formula is C12H21N3O2S. The molecule has 1 fully saturated rings. The maximum atomic E-state index is 11.3. The van der Waals surface area contributed by atoms with Gasteiger partial charge in [-0.3, -0.25) is 4.68 Å². The van der Waals surface area contributed by atoms with Crippen molar-refractivity contribution in [3.8, 4) is 0 Å².